The molecule has 0 bridgehead atoms. The first-order valence-electron chi connectivity index (χ1n) is 10.7. The van der Waals surface area contributed by atoms with Gasteiger partial charge in [-0.2, -0.15) is 0 Å². The molecule has 0 radical (unpaired) electrons. The Labute approximate surface area is 195 Å². The number of rotatable bonds is 11. The van der Waals surface area contributed by atoms with E-state index in [1.807, 2.05) is 45.9 Å². The molecular formula is C24H33Cl2N3O2. The van der Waals surface area contributed by atoms with E-state index in [4.69, 9.17) is 23.2 Å². The maximum absolute atomic E-state index is 12.6. The summed E-state index contributed by atoms with van der Waals surface area (Å²) in [6.07, 6.45) is -0.774. The van der Waals surface area contributed by atoms with Gasteiger partial charge in [-0.05, 0) is 50.2 Å². The van der Waals surface area contributed by atoms with Crippen LogP contribution in [0.5, 0.6) is 0 Å². The molecule has 0 spiro atoms. The van der Waals surface area contributed by atoms with Crippen molar-refractivity contribution in [2.45, 2.75) is 33.8 Å². The Hall–Kier alpha value is -1.63. The van der Waals surface area contributed by atoms with E-state index < -0.39 is 6.10 Å². The molecule has 2 aromatic carbocycles. The normalized spacial score (nSPS) is 12.4. The second kappa shape index (κ2) is 12.4. The summed E-state index contributed by atoms with van der Waals surface area (Å²) in [7, 11) is 0. The molecule has 1 unspecified atom stereocenters. The van der Waals surface area contributed by atoms with Gasteiger partial charge in [0.25, 0.3) is 0 Å². The fourth-order valence-corrected chi connectivity index (χ4v) is 4.22. The molecule has 1 atom stereocenters. The highest BCUT2D eigenvalue weighted by Gasteiger charge is 2.19. The molecule has 2 aromatic rings. The van der Waals surface area contributed by atoms with Crippen LogP contribution in [-0.4, -0.2) is 60.1 Å². The van der Waals surface area contributed by atoms with Crippen molar-refractivity contribution in [3.63, 3.8) is 0 Å². The highest BCUT2D eigenvalue weighted by Crippen LogP contribution is 2.30. The van der Waals surface area contributed by atoms with Gasteiger partial charge in [0.15, 0.2) is 0 Å². The van der Waals surface area contributed by atoms with Gasteiger partial charge in [-0.3, -0.25) is 14.6 Å². The number of aliphatic hydroxyl groups is 1. The number of carbonyl (C=O) groups excluding carboxylic acids is 1. The number of benzene rings is 2. The van der Waals surface area contributed by atoms with Crippen molar-refractivity contribution in [1.82, 2.24) is 9.80 Å². The molecule has 0 aliphatic rings. The number of halogens is 2. The fourth-order valence-electron chi connectivity index (χ4n) is 3.57. The largest absolute Gasteiger partial charge is 0.387 e. The van der Waals surface area contributed by atoms with Crippen LogP contribution in [-0.2, 0) is 4.79 Å². The second-order valence-corrected chi connectivity index (χ2v) is 8.54. The summed E-state index contributed by atoms with van der Waals surface area (Å²) < 4.78 is 0. The average molecular weight is 466 g/mol. The molecule has 0 saturated carbocycles. The predicted molar refractivity (Wildman–Crippen MR) is 130 cm³/mol. The Morgan fingerprint density at radius 1 is 0.968 bits per heavy atom. The van der Waals surface area contributed by atoms with E-state index >= 15 is 0 Å². The summed E-state index contributed by atoms with van der Waals surface area (Å²) in [5, 5.41) is 14.7. The molecule has 170 valence electrons. The van der Waals surface area contributed by atoms with E-state index in [0.29, 0.717) is 35.2 Å². The third-order valence-corrected chi connectivity index (χ3v) is 6.16. The van der Waals surface area contributed by atoms with E-state index in [9.17, 15) is 9.90 Å². The first-order valence-corrected chi connectivity index (χ1v) is 11.4. The molecule has 0 fully saturated rings. The van der Waals surface area contributed by atoms with Gasteiger partial charge in [0.05, 0.1) is 12.6 Å². The lowest BCUT2D eigenvalue weighted by atomic mass is 10.1. The summed E-state index contributed by atoms with van der Waals surface area (Å²) in [6.45, 7) is 11.8. The Morgan fingerprint density at radius 3 is 2.03 bits per heavy atom. The van der Waals surface area contributed by atoms with Crippen molar-refractivity contribution in [2.75, 3.05) is 44.6 Å². The number of aliphatic hydroxyl groups excluding tert-OH is 1. The fraction of sp³-hybridized carbons (Fsp3) is 0.458. The summed E-state index contributed by atoms with van der Waals surface area (Å²) in [6, 6.07) is 11.2. The van der Waals surface area contributed by atoms with Crippen LogP contribution < -0.4 is 5.32 Å². The van der Waals surface area contributed by atoms with Crippen molar-refractivity contribution >= 4 is 34.8 Å². The minimum Gasteiger partial charge on any atom is -0.387 e. The summed E-state index contributed by atoms with van der Waals surface area (Å²) in [5.41, 5.74) is 3.56. The van der Waals surface area contributed by atoms with Gasteiger partial charge < -0.3 is 10.4 Å². The van der Waals surface area contributed by atoms with Crippen molar-refractivity contribution < 1.29 is 9.90 Å². The van der Waals surface area contributed by atoms with Gasteiger partial charge in [-0.25, -0.2) is 0 Å². The number of anilines is 1. The highest BCUT2D eigenvalue weighted by molar-refractivity contribution is 6.36. The number of nitrogens with zero attached hydrogens (tertiary/aromatic N) is 2. The minimum atomic E-state index is -0.774. The van der Waals surface area contributed by atoms with Crippen LogP contribution in [0.3, 0.4) is 0 Å². The Morgan fingerprint density at radius 2 is 1.48 bits per heavy atom. The van der Waals surface area contributed by atoms with Crippen LogP contribution in [0.15, 0.2) is 36.4 Å². The van der Waals surface area contributed by atoms with Crippen molar-refractivity contribution in [3.8, 4) is 0 Å². The van der Waals surface area contributed by atoms with Crippen molar-refractivity contribution in [1.29, 1.82) is 0 Å². The average Bonchev–Trinajstić information content (AvgIpc) is 2.72. The highest BCUT2D eigenvalue weighted by atomic mass is 35.5. The monoisotopic (exact) mass is 465 g/mol. The van der Waals surface area contributed by atoms with Gasteiger partial charge in [0.2, 0.25) is 5.91 Å². The van der Waals surface area contributed by atoms with Gasteiger partial charge in [-0.15, -0.1) is 0 Å². The quantitative estimate of drug-likeness (QED) is 0.493. The lowest BCUT2D eigenvalue weighted by Crippen LogP contribution is -2.40. The summed E-state index contributed by atoms with van der Waals surface area (Å²) >= 11 is 12.5. The Bertz CT molecular complexity index is 835. The standard InChI is InChI=1S/C24H33Cl2N3O2/c1-5-28(15-21(30)23-19(25)11-8-12-20(23)26)13-14-29(6-2)16-22(31)27-24-17(3)9-7-10-18(24)4/h7-12,21,30H,5-6,13-16H2,1-4H3,(H,27,31). The first kappa shape index (κ1) is 25.6. The molecule has 7 heteroatoms. The van der Waals surface area contributed by atoms with Crippen LogP contribution in [0.4, 0.5) is 5.69 Å². The molecule has 5 nitrogen and oxygen atoms in total. The van der Waals surface area contributed by atoms with E-state index in [0.717, 1.165) is 36.4 Å². The van der Waals surface area contributed by atoms with Gasteiger partial charge in [0.1, 0.15) is 0 Å². The molecule has 0 aliphatic heterocycles. The number of likely N-dealkylation sites (N-methyl/N-ethyl adjacent to an activating group) is 2. The smallest absolute Gasteiger partial charge is 0.238 e. The molecule has 1 amide bonds. The number of amides is 1. The van der Waals surface area contributed by atoms with Gasteiger partial charge >= 0.3 is 0 Å². The van der Waals surface area contributed by atoms with E-state index in [2.05, 4.69) is 15.1 Å². The zero-order valence-corrected chi connectivity index (χ0v) is 20.3. The Balaban J connectivity index is 1.91. The van der Waals surface area contributed by atoms with Crippen LogP contribution in [0.1, 0.15) is 36.6 Å². The maximum atomic E-state index is 12.6. The second-order valence-electron chi connectivity index (χ2n) is 7.73. The molecule has 31 heavy (non-hydrogen) atoms. The third-order valence-electron chi connectivity index (χ3n) is 5.50. The van der Waals surface area contributed by atoms with Gasteiger partial charge in [-0.1, -0.05) is 61.3 Å². The maximum Gasteiger partial charge on any atom is 0.238 e. The van der Waals surface area contributed by atoms with Crippen molar-refractivity contribution in [3.05, 3.63) is 63.1 Å². The minimum absolute atomic E-state index is 0.0230. The van der Waals surface area contributed by atoms with Crippen LogP contribution in [0, 0.1) is 13.8 Å². The molecule has 0 heterocycles. The number of hydrogen-bond donors (Lipinski definition) is 2. The zero-order valence-electron chi connectivity index (χ0n) is 18.8. The van der Waals surface area contributed by atoms with Crippen molar-refractivity contribution in [2.24, 2.45) is 0 Å². The molecule has 0 saturated heterocycles. The van der Waals surface area contributed by atoms with E-state index in [-0.39, 0.29) is 5.91 Å². The molecule has 2 rings (SSSR count). The number of para-hydroxylation sites is 1. The number of nitrogens with one attached hydrogen (secondary N) is 1. The van der Waals surface area contributed by atoms with Crippen LogP contribution in [0.2, 0.25) is 10.0 Å². The lowest BCUT2D eigenvalue weighted by Gasteiger charge is -2.28. The number of hydrogen-bond acceptors (Lipinski definition) is 4. The zero-order chi connectivity index (χ0) is 23.0. The number of carbonyl (C=O) groups is 1. The lowest BCUT2D eigenvalue weighted by molar-refractivity contribution is -0.117. The Kier molecular flexibility index (Phi) is 10.3. The van der Waals surface area contributed by atoms with Crippen LogP contribution in [0.25, 0.3) is 0 Å². The SMILES string of the molecule is CCN(CCN(CC)CC(O)c1c(Cl)cccc1Cl)CC(=O)Nc1c(C)cccc1C. The number of aryl methyl sites for hydroxylation is 2. The summed E-state index contributed by atoms with van der Waals surface area (Å²) in [5.74, 6) is -0.0230. The molecular weight excluding hydrogens is 433 g/mol. The topological polar surface area (TPSA) is 55.8 Å². The van der Waals surface area contributed by atoms with E-state index in [1.165, 1.54) is 0 Å². The molecule has 0 aromatic heterocycles. The molecule has 0 aliphatic carbocycles. The van der Waals surface area contributed by atoms with Gasteiger partial charge in [0, 0.05) is 40.9 Å². The third kappa shape index (κ3) is 7.48. The first-order chi connectivity index (χ1) is 14.8. The molecule has 2 N–H and O–H groups in total. The van der Waals surface area contributed by atoms with Crippen LogP contribution >= 0.6 is 23.2 Å². The predicted octanol–water partition coefficient (Wildman–Crippen LogP) is 4.93. The van der Waals surface area contributed by atoms with E-state index in [1.54, 1.807) is 18.2 Å². The summed E-state index contributed by atoms with van der Waals surface area (Å²) in [4.78, 5) is 16.8.